The van der Waals surface area contributed by atoms with Gasteiger partial charge in [-0.25, -0.2) is 0 Å². The van der Waals surface area contributed by atoms with Crippen LogP contribution in [0.2, 0.25) is 0 Å². The van der Waals surface area contributed by atoms with Gasteiger partial charge in [-0.05, 0) is 117 Å². The van der Waals surface area contributed by atoms with Crippen molar-refractivity contribution in [3.05, 3.63) is 155 Å². The van der Waals surface area contributed by atoms with E-state index in [0.29, 0.717) is 13.2 Å². The van der Waals surface area contributed by atoms with Gasteiger partial charge in [-0.1, -0.05) is 168 Å². The minimum absolute atomic E-state index is 0.0332. The van der Waals surface area contributed by atoms with Gasteiger partial charge in [0.1, 0.15) is 23.0 Å². The molecule has 0 aromatic heterocycles. The average Bonchev–Trinajstić information content (AvgIpc) is 3.20. The number of aryl methyl sites for hydroxylation is 2. The molecule has 0 N–H and O–H groups in total. The maximum Gasteiger partial charge on any atom is 0.245 e. The Morgan fingerprint density at radius 3 is 1.39 bits per heavy atom. The molecule has 64 heavy (non-hydrogen) atoms. The fraction of sp³-hybridized carbons (Fsp3) is 0.400. The van der Waals surface area contributed by atoms with Crippen LogP contribution >= 0.6 is 0 Å². The highest BCUT2D eigenvalue weighted by Gasteiger charge is 2.31. The van der Waals surface area contributed by atoms with Gasteiger partial charge in [0.05, 0.1) is 13.2 Å². The monoisotopic (exact) mass is 859 g/mol. The van der Waals surface area contributed by atoms with Crippen molar-refractivity contribution in [3.8, 4) is 56.4 Å². The van der Waals surface area contributed by atoms with E-state index >= 15 is 0 Å². The van der Waals surface area contributed by atoms with Gasteiger partial charge in [-0.3, -0.25) is 0 Å². The zero-order valence-electron chi connectivity index (χ0n) is 41.8. The molecule has 0 fully saturated rings. The van der Waals surface area contributed by atoms with E-state index in [9.17, 15) is 0 Å². The van der Waals surface area contributed by atoms with Crippen molar-refractivity contribution in [2.75, 3.05) is 13.2 Å². The van der Waals surface area contributed by atoms with E-state index in [4.69, 9.17) is 18.9 Å². The molecule has 6 aromatic carbocycles. The Bertz CT molecular complexity index is 2490. The van der Waals surface area contributed by atoms with Gasteiger partial charge in [-0.2, -0.15) is 0 Å². The van der Waals surface area contributed by atoms with Crippen molar-refractivity contribution in [2.45, 2.75) is 145 Å². The summed E-state index contributed by atoms with van der Waals surface area (Å²) >= 11 is 0. The molecule has 0 spiro atoms. The molecular formula is C60H74O4. The Morgan fingerprint density at radius 1 is 0.375 bits per heavy atom. The lowest BCUT2D eigenvalue weighted by Crippen LogP contribution is -2.36. The second-order valence-electron chi connectivity index (χ2n) is 22.3. The molecule has 4 heteroatoms. The highest BCUT2D eigenvalue weighted by Crippen LogP contribution is 2.47. The highest BCUT2D eigenvalue weighted by atomic mass is 16.7. The predicted molar refractivity (Wildman–Crippen MR) is 271 cm³/mol. The van der Waals surface area contributed by atoms with Gasteiger partial charge in [0, 0.05) is 42.5 Å². The number of para-hydroxylation sites is 2. The summed E-state index contributed by atoms with van der Waals surface area (Å²) in [4.78, 5) is 0. The third-order valence-electron chi connectivity index (χ3n) is 11.8. The number of hydrogen-bond donors (Lipinski definition) is 0. The van der Waals surface area contributed by atoms with Crippen LogP contribution in [0.5, 0.6) is 23.0 Å². The summed E-state index contributed by atoms with van der Waals surface area (Å²) in [5.74, 6) is 2.04. The van der Waals surface area contributed by atoms with Crippen molar-refractivity contribution in [2.24, 2.45) is 0 Å². The van der Waals surface area contributed by atoms with Crippen molar-refractivity contribution < 1.29 is 18.9 Å². The molecule has 0 saturated carbocycles. The topological polar surface area (TPSA) is 36.9 Å². The first kappa shape index (κ1) is 48.0. The number of ether oxygens (including phenoxy) is 4. The van der Waals surface area contributed by atoms with E-state index < -0.39 is 5.79 Å². The molecule has 0 amide bonds. The van der Waals surface area contributed by atoms with Crippen molar-refractivity contribution in [3.63, 3.8) is 0 Å². The molecule has 0 atom stereocenters. The lowest BCUT2D eigenvalue weighted by molar-refractivity contribution is -0.0798. The SMILES string of the molecule is Cc1ccc(OC(C)(C)Oc2c(-c3cc(C(C)(C)C)cc(C(C)(C)C)c3)cc(C)cc2-c2ccccc2OCCCOc2ccccc2)c(-c2cc(C(C)(C)C)cc(C(C)(C)C)c2)c1. The molecule has 0 saturated heterocycles. The van der Waals surface area contributed by atoms with Crippen LogP contribution in [0.3, 0.4) is 0 Å². The van der Waals surface area contributed by atoms with Gasteiger partial charge >= 0.3 is 0 Å². The summed E-state index contributed by atoms with van der Waals surface area (Å²) in [7, 11) is 0. The second kappa shape index (κ2) is 18.6. The zero-order valence-corrected chi connectivity index (χ0v) is 41.8. The number of benzene rings is 6. The zero-order chi connectivity index (χ0) is 46.8. The molecule has 338 valence electrons. The molecule has 0 aliphatic rings. The van der Waals surface area contributed by atoms with Gasteiger partial charge < -0.3 is 18.9 Å². The molecule has 0 aliphatic heterocycles. The molecule has 6 aromatic rings. The number of hydrogen-bond acceptors (Lipinski definition) is 4. The Labute approximate surface area is 386 Å². The first-order valence-electron chi connectivity index (χ1n) is 23.1. The maximum atomic E-state index is 7.41. The van der Waals surface area contributed by atoms with Crippen LogP contribution in [0.4, 0.5) is 0 Å². The normalized spacial score (nSPS) is 12.6. The van der Waals surface area contributed by atoms with Gasteiger partial charge in [0.25, 0.3) is 0 Å². The third-order valence-corrected chi connectivity index (χ3v) is 11.8. The standard InChI is InChI=1S/C60H74O4/c1-40-27-28-54(50(31-40)42-34-44(56(3,4)5)38-45(35-42)57(6,7)8)63-60(15,16)64-55-51(43-36-46(58(9,10)11)39-47(37-43)59(12,13)14)32-41(2)33-52(55)49-25-20-21-26-53(49)62-30-22-29-61-48-23-18-17-19-24-48/h17-21,23-28,31-39H,22,29-30H2,1-16H3. The van der Waals surface area contributed by atoms with Gasteiger partial charge in [0.2, 0.25) is 5.79 Å². The van der Waals surface area contributed by atoms with E-state index in [-0.39, 0.29) is 21.7 Å². The lowest BCUT2D eigenvalue weighted by atomic mass is 9.78. The summed E-state index contributed by atoms with van der Waals surface area (Å²) in [6.07, 6.45) is 0.733. The largest absolute Gasteiger partial charge is 0.493 e. The van der Waals surface area contributed by atoms with Gasteiger partial charge in [0.15, 0.2) is 0 Å². The molecule has 0 heterocycles. The molecular weight excluding hydrogens is 785 g/mol. The van der Waals surface area contributed by atoms with Crippen molar-refractivity contribution >= 4 is 0 Å². The predicted octanol–water partition coefficient (Wildman–Crippen LogP) is 16.5. The fourth-order valence-electron chi connectivity index (χ4n) is 7.85. The molecule has 0 bridgehead atoms. The van der Waals surface area contributed by atoms with Crippen molar-refractivity contribution in [1.29, 1.82) is 0 Å². The molecule has 6 rings (SSSR count). The second-order valence-corrected chi connectivity index (χ2v) is 22.3. The Hall–Kier alpha value is -5.48. The van der Waals surface area contributed by atoms with Crippen LogP contribution in [0.25, 0.3) is 33.4 Å². The summed E-state index contributed by atoms with van der Waals surface area (Å²) in [5, 5.41) is 0. The van der Waals surface area contributed by atoms with Crippen LogP contribution in [0.15, 0.2) is 121 Å². The van der Waals surface area contributed by atoms with E-state index in [1.54, 1.807) is 0 Å². The Morgan fingerprint density at radius 2 is 0.844 bits per heavy atom. The van der Waals surface area contributed by atoms with Crippen LogP contribution in [0, 0.1) is 13.8 Å². The summed E-state index contributed by atoms with van der Waals surface area (Å²) in [6, 6.07) is 43.3. The maximum absolute atomic E-state index is 7.41. The molecule has 4 nitrogen and oxygen atoms in total. The smallest absolute Gasteiger partial charge is 0.245 e. The minimum Gasteiger partial charge on any atom is -0.493 e. The first-order valence-corrected chi connectivity index (χ1v) is 23.1. The molecule has 0 aliphatic carbocycles. The summed E-state index contributed by atoms with van der Waals surface area (Å²) in [5.41, 5.74) is 13.4. The fourth-order valence-corrected chi connectivity index (χ4v) is 7.85. The molecule has 0 unspecified atom stereocenters. The summed E-state index contributed by atoms with van der Waals surface area (Å²) in [6.45, 7) is 36.8. The highest BCUT2D eigenvalue weighted by molar-refractivity contribution is 5.86. The van der Waals surface area contributed by atoms with Crippen LogP contribution in [0.1, 0.15) is 137 Å². The van der Waals surface area contributed by atoms with E-state index in [1.807, 2.05) is 50.2 Å². The van der Waals surface area contributed by atoms with Crippen LogP contribution in [-0.2, 0) is 21.7 Å². The minimum atomic E-state index is -1.11. The van der Waals surface area contributed by atoms with Crippen LogP contribution in [-0.4, -0.2) is 19.0 Å². The first-order chi connectivity index (χ1) is 29.8. The lowest BCUT2D eigenvalue weighted by Gasteiger charge is -2.32. The summed E-state index contributed by atoms with van der Waals surface area (Å²) < 4.78 is 27.2. The third kappa shape index (κ3) is 12.0. The Kier molecular flexibility index (Phi) is 13.9. The van der Waals surface area contributed by atoms with Gasteiger partial charge in [-0.15, -0.1) is 0 Å². The van der Waals surface area contributed by atoms with Crippen LogP contribution < -0.4 is 18.9 Å². The Balaban J connectivity index is 1.48. The molecule has 0 radical (unpaired) electrons. The van der Waals surface area contributed by atoms with E-state index in [1.165, 1.54) is 27.8 Å². The average molecular weight is 859 g/mol. The van der Waals surface area contributed by atoms with Crippen molar-refractivity contribution in [1.82, 2.24) is 0 Å². The quantitative estimate of drug-likeness (QED) is 0.0856. The van der Waals surface area contributed by atoms with E-state index in [0.717, 1.165) is 68.4 Å². The number of rotatable bonds is 13. The van der Waals surface area contributed by atoms with E-state index in [2.05, 4.69) is 182 Å².